The summed E-state index contributed by atoms with van der Waals surface area (Å²) in [6, 6.07) is 19.5. The number of aromatic nitrogens is 1. The Bertz CT molecular complexity index is 847. The van der Waals surface area contributed by atoms with Gasteiger partial charge in [-0.05, 0) is 42.3 Å². The maximum Gasteiger partial charge on any atom is 0.0991 e. The van der Waals surface area contributed by atoms with E-state index in [-0.39, 0.29) is 6.04 Å². The number of aliphatic hydroxyl groups excluding tert-OH is 1. The first kappa shape index (κ1) is 15.3. The third-order valence-electron chi connectivity index (χ3n) is 4.06. The zero-order valence-electron chi connectivity index (χ0n) is 13.0. The van der Waals surface area contributed by atoms with Gasteiger partial charge in [0.15, 0.2) is 0 Å². The van der Waals surface area contributed by atoms with Gasteiger partial charge < -0.3 is 15.0 Å². The van der Waals surface area contributed by atoms with Gasteiger partial charge in [-0.2, -0.15) is 5.26 Å². The summed E-state index contributed by atoms with van der Waals surface area (Å²) >= 11 is 0. The molecule has 0 aliphatic carbocycles. The van der Waals surface area contributed by atoms with Crippen LogP contribution in [-0.4, -0.2) is 29.4 Å². The minimum absolute atomic E-state index is 0.254. The molecule has 0 saturated heterocycles. The Morgan fingerprint density at radius 3 is 2.78 bits per heavy atom. The number of rotatable bonds is 5. The van der Waals surface area contributed by atoms with E-state index in [4.69, 9.17) is 5.26 Å². The summed E-state index contributed by atoms with van der Waals surface area (Å²) in [5, 5.41) is 24.0. The Kier molecular flexibility index (Phi) is 4.42. The van der Waals surface area contributed by atoms with Gasteiger partial charge in [-0.25, -0.2) is 0 Å². The summed E-state index contributed by atoms with van der Waals surface area (Å²) in [6.45, 7) is 0.466. The van der Waals surface area contributed by atoms with Gasteiger partial charge in [0.2, 0.25) is 0 Å². The number of benzene rings is 2. The van der Waals surface area contributed by atoms with Gasteiger partial charge in [-0.15, -0.1) is 0 Å². The largest absolute Gasteiger partial charge is 0.389 e. The van der Waals surface area contributed by atoms with Crippen molar-refractivity contribution in [2.45, 2.75) is 12.1 Å². The van der Waals surface area contributed by atoms with E-state index >= 15 is 0 Å². The van der Waals surface area contributed by atoms with Crippen molar-refractivity contribution in [2.75, 3.05) is 13.6 Å². The van der Waals surface area contributed by atoms with Crippen molar-refractivity contribution in [3.63, 3.8) is 0 Å². The molecule has 116 valence electrons. The first-order valence-corrected chi connectivity index (χ1v) is 7.63. The quantitative estimate of drug-likeness (QED) is 0.762. The van der Waals surface area contributed by atoms with Gasteiger partial charge in [0, 0.05) is 18.3 Å². The molecule has 4 nitrogen and oxygen atoms in total. The Morgan fingerprint density at radius 2 is 2.00 bits per heavy atom. The molecule has 1 aromatic heterocycles. The molecule has 1 heterocycles. The van der Waals surface area contributed by atoms with E-state index in [0.29, 0.717) is 12.1 Å². The maximum atomic E-state index is 10.7. The minimum Gasteiger partial charge on any atom is -0.389 e. The van der Waals surface area contributed by atoms with E-state index < -0.39 is 6.10 Å². The average Bonchev–Trinajstić information content (AvgIpc) is 3.00. The number of aliphatic hydroxyl groups is 1. The highest BCUT2D eigenvalue weighted by atomic mass is 16.3. The van der Waals surface area contributed by atoms with Crippen LogP contribution in [0.2, 0.25) is 0 Å². The number of nitriles is 1. The third-order valence-corrected chi connectivity index (χ3v) is 4.06. The molecule has 0 aliphatic heterocycles. The van der Waals surface area contributed by atoms with Crippen molar-refractivity contribution >= 4 is 10.9 Å². The maximum absolute atomic E-state index is 10.7. The first-order chi connectivity index (χ1) is 11.2. The highest BCUT2D eigenvalue weighted by Crippen LogP contribution is 2.28. The molecule has 2 atom stereocenters. The fourth-order valence-corrected chi connectivity index (χ4v) is 3.03. The summed E-state index contributed by atoms with van der Waals surface area (Å²) in [4.78, 5) is 0. The van der Waals surface area contributed by atoms with E-state index in [1.807, 2.05) is 55.7 Å². The summed E-state index contributed by atoms with van der Waals surface area (Å²) in [5.41, 5.74) is 2.59. The van der Waals surface area contributed by atoms with Crippen LogP contribution in [0.4, 0.5) is 0 Å². The fraction of sp³-hybridized carbons (Fsp3) is 0.211. The van der Waals surface area contributed by atoms with Crippen LogP contribution in [0.25, 0.3) is 10.9 Å². The average molecular weight is 305 g/mol. The number of nitrogens with one attached hydrogen (secondary N) is 1. The van der Waals surface area contributed by atoms with E-state index in [1.54, 1.807) is 6.07 Å². The SMILES string of the molecule is CNCC(O)C(c1cccc(C#N)c1)n1ccc2ccccc21. The monoisotopic (exact) mass is 305 g/mol. The van der Waals surface area contributed by atoms with Crippen molar-refractivity contribution in [1.82, 2.24) is 9.88 Å². The highest BCUT2D eigenvalue weighted by molar-refractivity contribution is 5.80. The van der Waals surface area contributed by atoms with Gasteiger partial charge in [-0.1, -0.05) is 30.3 Å². The number of likely N-dealkylation sites (N-methyl/N-ethyl adjacent to an activating group) is 1. The molecule has 2 aromatic carbocycles. The zero-order valence-corrected chi connectivity index (χ0v) is 13.0. The summed E-state index contributed by atoms with van der Waals surface area (Å²) in [7, 11) is 1.82. The molecular formula is C19H19N3O. The standard InChI is InChI=1S/C19H19N3O/c1-21-13-18(23)19(16-7-4-5-14(11-16)12-20)22-10-9-15-6-2-3-8-17(15)22/h2-11,18-19,21,23H,13H2,1H3. The molecular weight excluding hydrogens is 286 g/mol. The van der Waals surface area contributed by atoms with Crippen LogP contribution in [0.3, 0.4) is 0 Å². The van der Waals surface area contributed by atoms with Crippen LogP contribution in [0.1, 0.15) is 17.2 Å². The second-order valence-electron chi connectivity index (χ2n) is 5.59. The van der Waals surface area contributed by atoms with Crippen LogP contribution in [0.15, 0.2) is 60.8 Å². The summed E-state index contributed by atoms with van der Waals surface area (Å²) in [5.74, 6) is 0. The van der Waals surface area contributed by atoms with Crippen LogP contribution < -0.4 is 5.32 Å². The van der Waals surface area contributed by atoms with Crippen LogP contribution in [-0.2, 0) is 0 Å². The summed E-state index contributed by atoms with van der Waals surface area (Å²) < 4.78 is 2.08. The molecule has 2 N–H and O–H groups in total. The smallest absolute Gasteiger partial charge is 0.0991 e. The fourth-order valence-electron chi connectivity index (χ4n) is 3.03. The second kappa shape index (κ2) is 6.66. The van der Waals surface area contributed by atoms with Gasteiger partial charge in [0.1, 0.15) is 0 Å². The van der Waals surface area contributed by atoms with Gasteiger partial charge in [-0.3, -0.25) is 0 Å². The minimum atomic E-state index is -0.607. The molecule has 4 heteroatoms. The molecule has 23 heavy (non-hydrogen) atoms. The van der Waals surface area contributed by atoms with Crippen molar-refractivity contribution in [3.05, 3.63) is 71.9 Å². The van der Waals surface area contributed by atoms with Crippen LogP contribution >= 0.6 is 0 Å². The molecule has 2 unspecified atom stereocenters. The molecule has 0 amide bonds. The normalized spacial score (nSPS) is 13.6. The molecule has 0 radical (unpaired) electrons. The number of para-hydroxylation sites is 1. The first-order valence-electron chi connectivity index (χ1n) is 7.63. The van der Waals surface area contributed by atoms with Gasteiger partial charge in [0.25, 0.3) is 0 Å². The van der Waals surface area contributed by atoms with Crippen LogP contribution in [0, 0.1) is 11.3 Å². The number of nitrogens with zero attached hydrogens (tertiary/aromatic N) is 2. The Labute approximate surface area is 135 Å². The van der Waals surface area contributed by atoms with Crippen molar-refractivity contribution in [1.29, 1.82) is 5.26 Å². The Balaban J connectivity index is 2.14. The van der Waals surface area contributed by atoms with Gasteiger partial charge >= 0.3 is 0 Å². The van der Waals surface area contributed by atoms with E-state index in [9.17, 15) is 5.11 Å². The molecule has 0 fully saturated rings. The van der Waals surface area contributed by atoms with Crippen molar-refractivity contribution in [3.8, 4) is 6.07 Å². The molecule has 0 aliphatic rings. The predicted molar refractivity (Wildman–Crippen MR) is 91.2 cm³/mol. The molecule has 0 spiro atoms. The highest BCUT2D eigenvalue weighted by Gasteiger charge is 2.23. The summed E-state index contributed by atoms with van der Waals surface area (Å²) in [6.07, 6.45) is 1.39. The Hall–Kier alpha value is -2.61. The lowest BCUT2D eigenvalue weighted by atomic mass is 9.99. The lowest BCUT2D eigenvalue weighted by molar-refractivity contribution is 0.132. The van der Waals surface area contributed by atoms with Crippen LogP contribution in [0.5, 0.6) is 0 Å². The molecule has 3 aromatic rings. The van der Waals surface area contributed by atoms with Gasteiger partial charge in [0.05, 0.1) is 23.8 Å². The lowest BCUT2D eigenvalue weighted by Gasteiger charge is -2.26. The Morgan fingerprint density at radius 1 is 1.17 bits per heavy atom. The molecule has 0 saturated carbocycles. The number of hydrogen-bond donors (Lipinski definition) is 2. The third kappa shape index (κ3) is 2.98. The molecule has 3 rings (SSSR count). The topological polar surface area (TPSA) is 61.0 Å². The second-order valence-corrected chi connectivity index (χ2v) is 5.59. The predicted octanol–water partition coefficient (Wildman–Crippen LogP) is 2.68. The van der Waals surface area contributed by atoms with E-state index in [2.05, 4.69) is 22.0 Å². The number of hydrogen-bond acceptors (Lipinski definition) is 3. The number of fused-ring (bicyclic) bond motifs is 1. The zero-order chi connectivity index (χ0) is 16.2. The van der Waals surface area contributed by atoms with Crippen molar-refractivity contribution < 1.29 is 5.11 Å². The van der Waals surface area contributed by atoms with E-state index in [0.717, 1.165) is 16.5 Å². The molecule has 0 bridgehead atoms. The van der Waals surface area contributed by atoms with Crippen molar-refractivity contribution in [2.24, 2.45) is 0 Å². The van der Waals surface area contributed by atoms with E-state index in [1.165, 1.54) is 0 Å². The lowest BCUT2D eigenvalue weighted by Crippen LogP contribution is -2.33.